The van der Waals surface area contributed by atoms with Crippen LogP contribution >= 0.6 is 0 Å². The first-order chi connectivity index (χ1) is 5.29. The van der Waals surface area contributed by atoms with Gasteiger partial charge in [0.25, 0.3) is 0 Å². The van der Waals surface area contributed by atoms with Crippen molar-refractivity contribution in [2.24, 2.45) is 0 Å². The third-order valence-corrected chi connectivity index (χ3v) is 2.08. The first-order valence-electron chi connectivity index (χ1n) is 3.64. The smallest absolute Gasteiger partial charge is 0.127 e. The molecule has 0 bridgehead atoms. The molecule has 2 nitrogen and oxygen atoms in total. The zero-order valence-electron chi connectivity index (χ0n) is 6.10. The Hall–Kier alpha value is -1.12. The summed E-state index contributed by atoms with van der Waals surface area (Å²) >= 11 is 0. The molecule has 0 aliphatic heterocycles. The van der Waals surface area contributed by atoms with Crippen LogP contribution in [0.3, 0.4) is 0 Å². The van der Waals surface area contributed by atoms with E-state index in [9.17, 15) is 4.39 Å². The first kappa shape index (κ1) is 6.58. The van der Waals surface area contributed by atoms with Gasteiger partial charge >= 0.3 is 0 Å². The van der Waals surface area contributed by atoms with Gasteiger partial charge in [0.15, 0.2) is 0 Å². The maximum Gasteiger partial charge on any atom is 0.127 e. The first-order valence-corrected chi connectivity index (χ1v) is 3.64. The second kappa shape index (κ2) is 2.19. The Bertz CT molecular complexity index is 290. The summed E-state index contributed by atoms with van der Waals surface area (Å²) in [7, 11) is 0. The largest absolute Gasteiger partial charge is 0.278 e. The van der Waals surface area contributed by atoms with Crippen LogP contribution in [0.2, 0.25) is 0 Å². The van der Waals surface area contributed by atoms with E-state index >= 15 is 0 Å². The highest BCUT2D eigenvalue weighted by Gasteiger charge is 2.22. The minimum Gasteiger partial charge on any atom is -0.278 e. The molecule has 0 saturated heterocycles. The van der Waals surface area contributed by atoms with Crippen LogP contribution in [0.1, 0.15) is 17.7 Å². The third-order valence-electron chi connectivity index (χ3n) is 2.08. The summed E-state index contributed by atoms with van der Waals surface area (Å²) in [6.07, 6.45) is 2.17. The highest BCUT2D eigenvalue weighted by Crippen LogP contribution is 2.29. The van der Waals surface area contributed by atoms with Gasteiger partial charge in [0.1, 0.15) is 6.17 Å². The van der Waals surface area contributed by atoms with Gasteiger partial charge in [0.05, 0.1) is 11.9 Å². The molecule has 1 N–H and O–H groups in total. The number of aromatic nitrogens is 2. The van der Waals surface area contributed by atoms with Gasteiger partial charge in [-0.15, -0.1) is 0 Å². The van der Waals surface area contributed by atoms with E-state index in [1.165, 1.54) is 0 Å². The molecule has 2 rings (SSSR count). The Morgan fingerprint density at radius 3 is 3.36 bits per heavy atom. The van der Waals surface area contributed by atoms with Gasteiger partial charge in [-0.2, -0.15) is 5.10 Å². The third kappa shape index (κ3) is 0.878. The summed E-state index contributed by atoms with van der Waals surface area (Å²) in [5.41, 5.74) is 2.43. The maximum absolute atomic E-state index is 13.0. The van der Waals surface area contributed by atoms with E-state index in [4.69, 9.17) is 0 Å². The number of aryl methyl sites for hydroxylation is 1. The van der Waals surface area contributed by atoms with Gasteiger partial charge < -0.3 is 0 Å². The molecule has 58 valence electrons. The van der Waals surface area contributed by atoms with Crippen LogP contribution in [0.15, 0.2) is 12.8 Å². The van der Waals surface area contributed by atoms with Crippen molar-refractivity contribution >= 4 is 5.57 Å². The molecular formula is C8H9FN2. The number of rotatable bonds is 0. The summed E-state index contributed by atoms with van der Waals surface area (Å²) < 4.78 is 13.0. The Morgan fingerprint density at radius 2 is 2.55 bits per heavy atom. The normalized spacial score (nSPS) is 23.4. The molecule has 1 unspecified atom stereocenters. The van der Waals surface area contributed by atoms with Gasteiger partial charge in [-0.1, -0.05) is 6.58 Å². The van der Waals surface area contributed by atoms with Crippen molar-refractivity contribution in [3.8, 4) is 0 Å². The Balaban J connectivity index is 2.46. The molecule has 1 aromatic heterocycles. The van der Waals surface area contributed by atoms with Crippen molar-refractivity contribution in [2.45, 2.75) is 19.0 Å². The second-order valence-electron chi connectivity index (χ2n) is 2.80. The molecule has 1 heterocycles. The van der Waals surface area contributed by atoms with Crippen LogP contribution in [0.25, 0.3) is 5.57 Å². The molecule has 1 atom stereocenters. The Morgan fingerprint density at radius 1 is 1.73 bits per heavy atom. The second-order valence-corrected chi connectivity index (χ2v) is 2.80. The summed E-state index contributed by atoms with van der Waals surface area (Å²) in [6.45, 7) is 3.66. The molecule has 0 radical (unpaired) electrons. The number of H-pyrrole nitrogens is 1. The Labute approximate surface area is 64.1 Å². The molecule has 0 saturated carbocycles. The lowest BCUT2D eigenvalue weighted by Crippen LogP contribution is -2.11. The van der Waals surface area contributed by atoms with E-state index in [2.05, 4.69) is 16.8 Å². The molecule has 0 amide bonds. The van der Waals surface area contributed by atoms with E-state index in [0.29, 0.717) is 12.0 Å². The topological polar surface area (TPSA) is 28.7 Å². The van der Waals surface area contributed by atoms with Crippen molar-refractivity contribution < 1.29 is 4.39 Å². The van der Waals surface area contributed by atoms with Crippen LogP contribution in [0, 0.1) is 0 Å². The number of hydrogen-bond acceptors (Lipinski definition) is 1. The summed E-state index contributed by atoms with van der Waals surface area (Å²) in [5, 5.41) is 6.58. The number of nitrogens with zero attached hydrogens (tertiary/aromatic N) is 1. The lowest BCUT2D eigenvalue weighted by atomic mass is 9.93. The van der Waals surface area contributed by atoms with Crippen LogP contribution in [-0.2, 0) is 6.42 Å². The minimum atomic E-state index is -0.886. The number of alkyl halides is 1. The van der Waals surface area contributed by atoms with E-state index in [-0.39, 0.29) is 0 Å². The maximum atomic E-state index is 13.0. The standard InChI is InChI=1S/C8H9FN2/c1-5-7(9)3-2-6-4-10-11-8(5)6/h4,7H,1-3H2,(H,10,11). The molecule has 1 aliphatic rings. The van der Waals surface area contributed by atoms with Crippen molar-refractivity contribution in [1.82, 2.24) is 10.2 Å². The monoisotopic (exact) mass is 152 g/mol. The average Bonchev–Trinajstić information content (AvgIpc) is 2.45. The zero-order valence-corrected chi connectivity index (χ0v) is 6.10. The van der Waals surface area contributed by atoms with E-state index in [1.807, 2.05) is 0 Å². The predicted octanol–water partition coefficient (Wildman–Crippen LogP) is 1.71. The van der Waals surface area contributed by atoms with Gasteiger partial charge in [-0.25, -0.2) is 4.39 Å². The SMILES string of the molecule is C=C1c2[nH]ncc2CCC1F. The quantitative estimate of drug-likeness (QED) is 0.602. The molecule has 0 fully saturated rings. The van der Waals surface area contributed by atoms with Crippen molar-refractivity contribution in [1.29, 1.82) is 0 Å². The average molecular weight is 152 g/mol. The van der Waals surface area contributed by atoms with Gasteiger partial charge in [0, 0.05) is 5.57 Å². The number of allylic oxidation sites excluding steroid dienone is 1. The number of fused-ring (bicyclic) bond motifs is 1. The van der Waals surface area contributed by atoms with Crippen LogP contribution in [0.5, 0.6) is 0 Å². The number of nitrogens with one attached hydrogen (secondary N) is 1. The van der Waals surface area contributed by atoms with E-state index in [0.717, 1.165) is 17.7 Å². The zero-order chi connectivity index (χ0) is 7.84. The van der Waals surface area contributed by atoms with E-state index < -0.39 is 6.17 Å². The number of aromatic amines is 1. The Kier molecular flexibility index (Phi) is 1.31. The molecule has 0 spiro atoms. The van der Waals surface area contributed by atoms with Crippen molar-refractivity contribution in [3.63, 3.8) is 0 Å². The molecule has 11 heavy (non-hydrogen) atoms. The van der Waals surface area contributed by atoms with Gasteiger partial charge in [-0.3, -0.25) is 5.10 Å². The molecule has 1 aromatic rings. The molecular weight excluding hydrogens is 143 g/mol. The van der Waals surface area contributed by atoms with Gasteiger partial charge in [-0.05, 0) is 18.4 Å². The van der Waals surface area contributed by atoms with Crippen LogP contribution < -0.4 is 0 Å². The lowest BCUT2D eigenvalue weighted by Gasteiger charge is -2.16. The molecule has 1 aliphatic carbocycles. The van der Waals surface area contributed by atoms with Crippen LogP contribution in [0.4, 0.5) is 4.39 Å². The lowest BCUT2D eigenvalue weighted by molar-refractivity contribution is 0.383. The van der Waals surface area contributed by atoms with Crippen molar-refractivity contribution in [3.05, 3.63) is 24.0 Å². The van der Waals surface area contributed by atoms with Gasteiger partial charge in [0.2, 0.25) is 0 Å². The molecule has 0 aromatic carbocycles. The summed E-state index contributed by atoms with van der Waals surface area (Å²) in [4.78, 5) is 0. The van der Waals surface area contributed by atoms with Crippen LogP contribution in [-0.4, -0.2) is 16.4 Å². The fraction of sp³-hybridized carbons (Fsp3) is 0.375. The van der Waals surface area contributed by atoms with Crippen molar-refractivity contribution in [2.75, 3.05) is 0 Å². The fourth-order valence-corrected chi connectivity index (χ4v) is 1.39. The number of halogens is 1. The number of hydrogen-bond donors (Lipinski definition) is 1. The fourth-order valence-electron chi connectivity index (χ4n) is 1.39. The highest BCUT2D eigenvalue weighted by molar-refractivity contribution is 5.67. The highest BCUT2D eigenvalue weighted by atomic mass is 19.1. The van der Waals surface area contributed by atoms with E-state index in [1.54, 1.807) is 6.20 Å². The summed E-state index contributed by atoms with van der Waals surface area (Å²) in [6, 6.07) is 0. The molecule has 3 heteroatoms. The predicted molar refractivity (Wildman–Crippen MR) is 40.8 cm³/mol. The minimum absolute atomic E-state index is 0.545. The summed E-state index contributed by atoms with van der Waals surface area (Å²) in [5.74, 6) is 0.